The average Bonchev–Trinajstić information content (AvgIpc) is 2.27. The van der Waals surface area contributed by atoms with Gasteiger partial charge in [-0.2, -0.15) is 8.78 Å². The van der Waals surface area contributed by atoms with E-state index in [1.165, 1.54) is 6.07 Å². The summed E-state index contributed by atoms with van der Waals surface area (Å²) in [5.74, 6) is -0.00353. The molecule has 1 aromatic rings. The first kappa shape index (κ1) is 13.3. The first-order chi connectivity index (χ1) is 7.95. The molecule has 5 nitrogen and oxygen atoms in total. The summed E-state index contributed by atoms with van der Waals surface area (Å²) in [6.07, 6.45) is 0. The zero-order valence-corrected chi connectivity index (χ0v) is 8.89. The number of ether oxygens (including phenoxy) is 1. The third-order valence-corrected chi connectivity index (χ3v) is 2.10. The van der Waals surface area contributed by atoms with Crippen LogP contribution in [-0.4, -0.2) is 23.2 Å². The van der Waals surface area contributed by atoms with Crippen molar-refractivity contribution in [2.45, 2.75) is 13.5 Å². The highest BCUT2D eigenvalue weighted by Gasteiger charge is 2.20. The standard InChI is InChI=1S/C10H10F2NO4/c1-6(5-14)7-2-3-9(17-10(11)12)8(4-7)13(15)16/h2-4,10,14H,5H2,1H3. The van der Waals surface area contributed by atoms with Crippen LogP contribution in [-0.2, 0) is 0 Å². The van der Waals surface area contributed by atoms with E-state index in [0.717, 1.165) is 12.1 Å². The number of hydrogen-bond donors (Lipinski definition) is 1. The third kappa shape index (κ3) is 3.35. The molecular weight excluding hydrogens is 236 g/mol. The molecule has 93 valence electrons. The molecule has 1 N–H and O–H groups in total. The highest BCUT2D eigenvalue weighted by atomic mass is 19.3. The fraction of sp³-hybridized carbons (Fsp3) is 0.300. The van der Waals surface area contributed by atoms with Gasteiger partial charge in [0.25, 0.3) is 0 Å². The maximum absolute atomic E-state index is 12.0. The van der Waals surface area contributed by atoms with Gasteiger partial charge in [-0.05, 0) is 11.6 Å². The molecule has 0 saturated heterocycles. The third-order valence-electron chi connectivity index (χ3n) is 2.10. The lowest BCUT2D eigenvalue weighted by Crippen LogP contribution is -2.06. The molecule has 0 saturated carbocycles. The first-order valence-electron chi connectivity index (χ1n) is 4.62. The molecule has 0 atom stereocenters. The second-order valence-electron chi connectivity index (χ2n) is 3.26. The number of nitrogens with zero attached hydrogens (tertiary/aromatic N) is 1. The number of benzene rings is 1. The Morgan fingerprint density at radius 3 is 2.71 bits per heavy atom. The molecule has 0 spiro atoms. The van der Waals surface area contributed by atoms with E-state index in [0.29, 0.717) is 11.5 Å². The summed E-state index contributed by atoms with van der Waals surface area (Å²) in [5.41, 5.74) is -0.156. The Kier molecular flexibility index (Phi) is 4.33. The number of aliphatic hydroxyl groups excluding tert-OH is 1. The van der Waals surface area contributed by atoms with E-state index in [9.17, 15) is 18.9 Å². The average molecular weight is 246 g/mol. The van der Waals surface area contributed by atoms with E-state index in [1.54, 1.807) is 6.92 Å². The van der Waals surface area contributed by atoms with E-state index in [-0.39, 0.29) is 6.61 Å². The van der Waals surface area contributed by atoms with Crippen molar-refractivity contribution in [2.75, 3.05) is 6.61 Å². The van der Waals surface area contributed by atoms with Crippen molar-refractivity contribution in [3.8, 4) is 5.75 Å². The zero-order chi connectivity index (χ0) is 13.0. The summed E-state index contributed by atoms with van der Waals surface area (Å²) in [6.45, 7) is -1.82. The fourth-order valence-corrected chi connectivity index (χ4v) is 1.21. The van der Waals surface area contributed by atoms with E-state index >= 15 is 0 Å². The van der Waals surface area contributed by atoms with Crippen LogP contribution in [0.2, 0.25) is 0 Å². The van der Waals surface area contributed by atoms with E-state index in [2.05, 4.69) is 4.74 Å². The monoisotopic (exact) mass is 246 g/mol. The number of rotatable bonds is 5. The molecule has 0 unspecified atom stereocenters. The van der Waals surface area contributed by atoms with Crippen molar-refractivity contribution < 1.29 is 23.5 Å². The van der Waals surface area contributed by atoms with Gasteiger partial charge in [-0.1, -0.05) is 13.0 Å². The topological polar surface area (TPSA) is 72.6 Å². The molecular formula is C10H10F2NO4. The number of alkyl halides is 2. The summed E-state index contributed by atoms with van der Waals surface area (Å²) in [5, 5.41) is 19.5. The van der Waals surface area contributed by atoms with Crippen molar-refractivity contribution in [3.63, 3.8) is 0 Å². The van der Waals surface area contributed by atoms with Crippen molar-refractivity contribution in [1.82, 2.24) is 0 Å². The molecule has 7 heteroatoms. The second kappa shape index (κ2) is 5.53. The molecule has 0 heterocycles. The van der Waals surface area contributed by atoms with Gasteiger partial charge in [-0.15, -0.1) is 0 Å². The molecule has 1 rings (SSSR count). The molecule has 0 aromatic heterocycles. The van der Waals surface area contributed by atoms with Crippen molar-refractivity contribution in [1.29, 1.82) is 0 Å². The summed E-state index contributed by atoms with van der Waals surface area (Å²) < 4.78 is 28.0. The summed E-state index contributed by atoms with van der Waals surface area (Å²) in [6, 6.07) is 3.54. The van der Waals surface area contributed by atoms with Gasteiger partial charge < -0.3 is 9.84 Å². The van der Waals surface area contributed by atoms with Gasteiger partial charge in [0.2, 0.25) is 5.75 Å². The van der Waals surface area contributed by atoms with E-state index < -0.39 is 23.0 Å². The molecule has 0 aliphatic heterocycles. The van der Waals surface area contributed by atoms with Crippen LogP contribution in [0.4, 0.5) is 14.5 Å². The molecule has 0 amide bonds. The summed E-state index contributed by atoms with van der Waals surface area (Å²) >= 11 is 0. The van der Waals surface area contributed by atoms with Gasteiger partial charge in [0.05, 0.1) is 11.5 Å². The fourth-order valence-electron chi connectivity index (χ4n) is 1.21. The smallest absolute Gasteiger partial charge is 0.387 e. The van der Waals surface area contributed by atoms with Crippen LogP contribution in [0.5, 0.6) is 5.75 Å². The summed E-state index contributed by atoms with van der Waals surface area (Å²) in [7, 11) is 0. The Bertz CT molecular complexity index is 411. The Balaban J connectivity index is 3.12. The largest absolute Gasteiger partial charge is 0.427 e. The Hall–Kier alpha value is -1.76. The van der Waals surface area contributed by atoms with E-state index in [4.69, 9.17) is 5.11 Å². The van der Waals surface area contributed by atoms with Gasteiger partial charge in [-0.25, -0.2) is 0 Å². The SMILES string of the molecule is C[C](CO)c1ccc(OC(F)F)c([N+](=O)[O-])c1. The highest BCUT2D eigenvalue weighted by Crippen LogP contribution is 2.31. The van der Waals surface area contributed by atoms with Crippen LogP contribution in [0, 0.1) is 16.0 Å². The zero-order valence-electron chi connectivity index (χ0n) is 8.89. The summed E-state index contributed by atoms with van der Waals surface area (Å²) in [4.78, 5) is 9.86. The van der Waals surface area contributed by atoms with Gasteiger partial charge in [-0.3, -0.25) is 10.1 Å². The maximum atomic E-state index is 12.0. The van der Waals surface area contributed by atoms with Gasteiger partial charge in [0.1, 0.15) is 0 Å². The normalized spacial score (nSPS) is 10.9. The number of aliphatic hydroxyl groups is 1. The van der Waals surface area contributed by atoms with Gasteiger partial charge >= 0.3 is 12.3 Å². The number of hydrogen-bond acceptors (Lipinski definition) is 4. The quantitative estimate of drug-likeness (QED) is 0.638. The lowest BCUT2D eigenvalue weighted by Gasteiger charge is -2.10. The molecule has 17 heavy (non-hydrogen) atoms. The lowest BCUT2D eigenvalue weighted by molar-refractivity contribution is -0.386. The number of halogens is 2. The highest BCUT2D eigenvalue weighted by molar-refractivity contribution is 5.51. The van der Waals surface area contributed by atoms with Crippen LogP contribution in [0.25, 0.3) is 0 Å². The van der Waals surface area contributed by atoms with Crippen LogP contribution in [0.3, 0.4) is 0 Å². The molecule has 0 aliphatic carbocycles. The molecule has 1 aromatic carbocycles. The van der Waals surface area contributed by atoms with Crippen LogP contribution in [0.15, 0.2) is 18.2 Å². The molecule has 1 radical (unpaired) electrons. The number of nitro groups is 1. The predicted octanol–water partition coefficient (Wildman–Crippen LogP) is 2.13. The second-order valence-corrected chi connectivity index (χ2v) is 3.26. The molecule has 0 aliphatic rings. The van der Waals surface area contributed by atoms with Crippen molar-refractivity contribution >= 4 is 5.69 Å². The minimum atomic E-state index is -3.12. The predicted molar refractivity (Wildman–Crippen MR) is 54.8 cm³/mol. The van der Waals surface area contributed by atoms with Crippen LogP contribution >= 0.6 is 0 Å². The molecule has 0 fully saturated rings. The first-order valence-corrected chi connectivity index (χ1v) is 4.62. The Morgan fingerprint density at radius 2 is 2.24 bits per heavy atom. The van der Waals surface area contributed by atoms with Gasteiger partial charge in [0, 0.05) is 12.0 Å². The van der Waals surface area contributed by atoms with Crippen molar-refractivity contribution in [2.24, 2.45) is 0 Å². The van der Waals surface area contributed by atoms with Crippen molar-refractivity contribution in [3.05, 3.63) is 39.8 Å². The van der Waals surface area contributed by atoms with Gasteiger partial charge in [0.15, 0.2) is 0 Å². The van der Waals surface area contributed by atoms with E-state index in [1.807, 2.05) is 0 Å². The lowest BCUT2D eigenvalue weighted by atomic mass is 10.0. The Morgan fingerprint density at radius 1 is 1.59 bits per heavy atom. The van der Waals surface area contributed by atoms with Crippen LogP contribution < -0.4 is 4.74 Å². The number of nitro benzene ring substituents is 1. The molecule has 0 bridgehead atoms. The Labute approximate surface area is 95.8 Å². The van der Waals surface area contributed by atoms with Crippen LogP contribution in [0.1, 0.15) is 12.5 Å². The minimum absolute atomic E-state index is 0.272. The minimum Gasteiger partial charge on any atom is -0.427 e. The maximum Gasteiger partial charge on any atom is 0.387 e.